The molecule has 2 heterocycles. The number of halogens is 4. The van der Waals surface area contributed by atoms with Crippen LogP contribution in [0.4, 0.5) is 5.69 Å². The van der Waals surface area contributed by atoms with E-state index in [9.17, 15) is 4.79 Å². The molecule has 1 amide bonds. The molecule has 0 aliphatic rings. The van der Waals surface area contributed by atoms with E-state index in [4.69, 9.17) is 40.0 Å². The normalized spacial score (nSPS) is 11.2. The molecule has 0 aliphatic carbocycles. The molecule has 11 heteroatoms. The largest absolute Gasteiger partial charge is 0.411 e. The van der Waals surface area contributed by atoms with Crippen molar-refractivity contribution in [3.63, 3.8) is 0 Å². The first-order valence-corrected chi connectivity index (χ1v) is 9.58. The number of hydrogen-bond acceptors (Lipinski definition) is 5. The van der Waals surface area contributed by atoms with Gasteiger partial charge in [0.2, 0.25) is 0 Å². The van der Waals surface area contributed by atoms with Crippen molar-refractivity contribution < 1.29 is 10.0 Å². The van der Waals surface area contributed by atoms with Crippen molar-refractivity contribution in [3.8, 4) is 5.82 Å². The third kappa shape index (κ3) is 4.30. The molecule has 1 aromatic carbocycles. The van der Waals surface area contributed by atoms with Crippen molar-refractivity contribution in [1.29, 1.82) is 0 Å². The number of nitrogens with zero attached hydrogens (tertiary/aromatic N) is 4. The molecule has 0 atom stereocenters. The van der Waals surface area contributed by atoms with Crippen LogP contribution in [0.5, 0.6) is 0 Å². The number of aryl methyl sites for hydroxylation is 1. The van der Waals surface area contributed by atoms with Crippen LogP contribution in [-0.2, 0) is 0 Å². The van der Waals surface area contributed by atoms with Crippen LogP contribution < -0.4 is 5.32 Å². The number of benzene rings is 1. The maximum Gasteiger partial charge on any atom is 0.274 e. The van der Waals surface area contributed by atoms with Gasteiger partial charge in [-0.2, -0.15) is 5.10 Å². The van der Waals surface area contributed by atoms with Gasteiger partial charge in [0.05, 0.1) is 21.9 Å². The summed E-state index contributed by atoms with van der Waals surface area (Å²) in [6.07, 6.45) is 2.58. The Bertz CT molecular complexity index is 1100. The van der Waals surface area contributed by atoms with Gasteiger partial charge < -0.3 is 10.5 Å². The van der Waals surface area contributed by atoms with Gasteiger partial charge in [-0.25, -0.2) is 9.67 Å². The summed E-state index contributed by atoms with van der Waals surface area (Å²) in [7, 11) is 0. The van der Waals surface area contributed by atoms with Crippen molar-refractivity contribution in [2.75, 3.05) is 5.32 Å². The molecule has 0 fully saturated rings. The first kappa shape index (κ1) is 20.6. The van der Waals surface area contributed by atoms with Crippen molar-refractivity contribution in [2.24, 2.45) is 5.16 Å². The molecule has 0 saturated carbocycles. The van der Waals surface area contributed by atoms with Crippen LogP contribution in [0.1, 0.15) is 21.6 Å². The zero-order valence-corrected chi connectivity index (χ0v) is 18.0. The summed E-state index contributed by atoms with van der Waals surface area (Å²) in [6.45, 7) is 1.76. The summed E-state index contributed by atoms with van der Waals surface area (Å²) < 4.78 is 1.71. The van der Waals surface area contributed by atoms with Crippen molar-refractivity contribution in [2.45, 2.75) is 6.92 Å². The average Bonchev–Trinajstić information content (AvgIpc) is 2.99. The van der Waals surface area contributed by atoms with E-state index in [1.807, 2.05) is 0 Å². The number of amides is 1. The smallest absolute Gasteiger partial charge is 0.274 e. The number of rotatable bonds is 4. The standard InChI is InChI=1S/C17H11BrCl3N5O2/c1-8-2-10(19)3-9(6-23-28)15(8)24-17(27)13-5-14(18)25-26(13)16-12(21)4-11(20)7-22-16/h2-7,28H,1H3,(H,24,27). The number of carbonyl (C=O) groups excluding carboxylic acids is 1. The van der Waals surface area contributed by atoms with Crippen molar-refractivity contribution in [1.82, 2.24) is 14.8 Å². The molecular weight excluding hydrogens is 492 g/mol. The second-order valence-corrected chi connectivity index (χ2v) is 7.70. The Morgan fingerprint density at radius 3 is 2.68 bits per heavy atom. The van der Waals surface area contributed by atoms with Gasteiger partial charge in [-0.15, -0.1) is 0 Å². The Morgan fingerprint density at radius 2 is 2.00 bits per heavy atom. The molecule has 2 aromatic heterocycles. The Kier molecular flexibility index (Phi) is 6.24. The quantitative estimate of drug-likeness (QED) is 0.285. The lowest BCUT2D eigenvalue weighted by molar-refractivity contribution is 0.101. The number of hydrogen-bond donors (Lipinski definition) is 2. The van der Waals surface area contributed by atoms with Gasteiger partial charge in [-0.3, -0.25) is 4.79 Å². The predicted molar refractivity (Wildman–Crippen MR) is 113 cm³/mol. The number of nitrogens with one attached hydrogen (secondary N) is 1. The zero-order chi connectivity index (χ0) is 20.4. The average molecular weight is 504 g/mol. The van der Waals surface area contributed by atoms with Gasteiger partial charge >= 0.3 is 0 Å². The summed E-state index contributed by atoms with van der Waals surface area (Å²) in [5, 5.41) is 19.9. The molecule has 0 bridgehead atoms. The zero-order valence-electron chi connectivity index (χ0n) is 14.1. The fraction of sp³-hybridized carbons (Fsp3) is 0.0588. The molecule has 0 radical (unpaired) electrons. The third-order valence-electron chi connectivity index (χ3n) is 3.67. The highest BCUT2D eigenvalue weighted by Crippen LogP contribution is 2.27. The molecule has 144 valence electrons. The van der Waals surface area contributed by atoms with E-state index in [0.29, 0.717) is 31.5 Å². The van der Waals surface area contributed by atoms with Gasteiger partial charge in [0.15, 0.2) is 5.82 Å². The highest BCUT2D eigenvalue weighted by atomic mass is 79.9. The van der Waals surface area contributed by atoms with Gasteiger partial charge in [-0.05, 0) is 46.6 Å². The SMILES string of the molecule is Cc1cc(Cl)cc(C=NO)c1NC(=O)c1cc(Br)nn1-c1ncc(Cl)cc1Cl. The number of pyridine rings is 1. The highest BCUT2D eigenvalue weighted by molar-refractivity contribution is 9.10. The topological polar surface area (TPSA) is 92.4 Å². The molecule has 0 aliphatic heterocycles. The van der Waals surface area contributed by atoms with E-state index < -0.39 is 5.91 Å². The Morgan fingerprint density at radius 1 is 1.25 bits per heavy atom. The molecule has 0 spiro atoms. The first-order valence-electron chi connectivity index (χ1n) is 7.66. The first-order chi connectivity index (χ1) is 13.3. The summed E-state index contributed by atoms with van der Waals surface area (Å²) >= 11 is 21.4. The lowest BCUT2D eigenvalue weighted by Crippen LogP contribution is -2.19. The molecule has 7 nitrogen and oxygen atoms in total. The van der Waals surface area contributed by atoms with E-state index in [0.717, 1.165) is 0 Å². The number of anilines is 1. The molecule has 0 unspecified atom stereocenters. The monoisotopic (exact) mass is 501 g/mol. The number of carbonyl (C=O) groups is 1. The maximum atomic E-state index is 13.0. The fourth-order valence-electron chi connectivity index (χ4n) is 2.52. The minimum atomic E-state index is -0.482. The van der Waals surface area contributed by atoms with Gasteiger partial charge in [0, 0.05) is 22.8 Å². The summed E-state index contributed by atoms with van der Waals surface area (Å²) in [6, 6.07) is 6.26. The third-order valence-corrected chi connectivity index (χ3v) is 4.76. The van der Waals surface area contributed by atoms with Crippen LogP contribution in [0.3, 0.4) is 0 Å². The summed E-state index contributed by atoms with van der Waals surface area (Å²) in [5.74, 6) is -0.240. The molecule has 3 aromatic rings. The van der Waals surface area contributed by atoms with Crippen LogP contribution in [0.25, 0.3) is 5.82 Å². The van der Waals surface area contributed by atoms with Gasteiger partial charge in [0.25, 0.3) is 5.91 Å². The summed E-state index contributed by atoms with van der Waals surface area (Å²) in [4.78, 5) is 17.1. The lowest BCUT2D eigenvalue weighted by atomic mass is 10.1. The Balaban J connectivity index is 2.04. The van der Waals surface area contributed by atoms with Crippen LogP contribution in [0.15, 0.2) is 40.2 Å². The van der Waals surface area contributed by atoms with E-state index in [1.165, 1.54) is 29.2 Å². The molecule has 0 saturated heterocycles. The molecule has 2 N–H and O–H groups in total. The van der Waals surface area contributed by atoms with Gasteiger partial charge in [0.1, 0.15) is 10.3 Å². The lowest BCUT2D eigenvalue weighted by Gasteiger charge is -2.13. The maximum absolute atomic E-state index is 13.0. The summed E-state index contributed by atoms with van der Waals surface area (Å²) in [5.41, 5.74) is 1.73. The van der Waals surface area contributed by atoms with E-state index in [-0.39, 0.29) is 16.5 Å². The predicted octanol–water partition coefficient (Wildman–Crippen LogP) is 5.36. The van der Waals surface area contributed by atoms with Crippen LogP contribution in [0.2, 0.25) is 15.1 Å². The van der Waals surface area contributed by atoms with Crippen molar-refractivity contribution >= 4 is 68.5 Å². The fourth-order valence-corrected chi connectivity index (χ4v) is 3.64. The van der Waals surface area contributed by atoms with Crippen LogP contribution in [0, 0.1) is 6.92 Å². The Labute approximate surface area is 183 Å². The van der Waals surface area contributed by atoms with E-state index in [2.05, 4.69) is 36.5 Å². The molecule has 28 heavy (non-hydrogen) atoms. The molecular formula is C17H11BrCl3N5O2. The minimum absolute atomic E-state index is 0.171. The van der Waals surface area contributed by atoms with Gasteiger partial charge in [-0.1, -0.05) is 40.0 Å². The number of oxime groups is 1. The highest BCUT2D eigenvalue weighted by Gasteiger charge is 2.20. The second kappa shape index (κ2) is 8.48. The van der Waals surface area contributed by atoms with Crippen LogP contribution >= 0.6 is 50.7 Å². The van der Waals surface area contributed by atoms with Crippen LogP contribution in [-0.4, -0.2) is 32.1 Å². The Hall–Kier alpha value is -2.13. The van der Waals surface area contributed by atoms with E-state index in [1.54, 1.807) is 19.1 Å². The molecule has 3 rings (SSSR count). The van der Waals surface area contributed by atoms with E-state index >= 15 is 0 Å². The minimum Gasteiger partial charge on any atom is -0.411 e. The van der Waals surface area contributed by atoms with Crippen molar-refractivity contribution in [3.05, 3.63) is 67.0 Å². The number of aromatic nitrogens is 3. The second-order valence-electron chi connectivity index (χ2n) is 5.61.